The number of rotatable bonds is 4. The van der Waals surface area contributed by atoms with Gasteiger partial charge in [-0.1, -0.05) is 18.2 Å². The number of fused-ring (bicyclic) bond motifs is 1. The van der Waals surface area contributed by atoms with Gasteiger partial charge < -0.3 is 14.6 Å². The largest absolute Gasteiger partial charge is 0.497 e. The first-order valence-corrected chi connectivity index (χ1v) is 7.57. The lowest BCUT2D eigenvalue weighted by Crippen LogP contribution is -2.19. The molecule has 1 amide bonds. The summed E-state index contributed by atoms with van der Waals surface area (Å²) in [5.74, 6) is 0.783. The normalized spacial score (nSPS) is 10.7. The van der Waals surface area contributed by atoms with Gasteiger partial charge in [0.05, 0.1) is 7.11 Å². The number of anilines is 1. The molecule has 1 heterocycles. The van der Waals surface area contributed by atoms with Gasteiger partial charge in [-0.2, -0.15) is 0 Å². The van der Waals surface area contributed by atoms with E-state index >= 15 is 0 Å². The lowest BCUT2D eigenvalue weighted by Gasteiger charge is -2.12. The van der Waals surface area contributed by atoms with Gasteiger partial charge in [-0.05, 0) is 49.2 Å². The molecule has 0 spiro atoms. The number of aromatic nitrogens is 1. The lowest BCUT2D eigenvalue weighted by molar-refractivity contribution is -0.116. The van der Waals surface area contributed by atoms with Gasteiger partial charge >= 0.3 is 0 Å². The van der Waals surface area contributed by atoms with Crippen LogP contribution in [0.2, 0.25) is 0 Å². The standard InChI is InChI=1S/C19H20N2O2/c1-13-5-4-6-14(2)19(13)20-18(22)12-21-10-9-15-11-16(23-3)7-8-17(15)21/h4-11H,12H2,1-3H3,(H,20,22). The predicted octanol–water partition coefficient (Wildman–Crippen LogP) is 3.91. The highest BCUT2D eigenvalue weighted by atomic mass is 16.5. The number of carbonyl (C=O) groups is 1. The SMILES string of the molecule is COc1ccc2c(ccn2CC(=O)Nc2c(C)cccc2C)c1. The van der Waals surface area contributed by atoms with E-state index in [-0.39, 0.29) is 12.5 Å². The van der Waals surface area contributed by atoms with Crippen LogP contribution < -0.4 is 10.1 Å². The number of ether oxygens (including phenoxy) is 1. The molecule has 3 aromatic rings. The van der Waals surface area contributed by atoms with E-state index in [0.29, 0.717) is 0 Å². The quantitative estimate of drug-likeness (QED) is 0.794. The maximum atomic E-state index is 12.4. The van der Waals surface area contributed by atoms with Crippen LogP contribution in [0.3, 0.4) is 0 Å². The number of carbonyl (C=O) groups excluding carboxylic acids is 1. The monoisotopic (exact) mass is 308 g/mol. The summed E-state index contributed by atoms with van der Waals surface area (Å²) in [6, 6.07) is 13.8. The zero-order chi connectivity index (χ0) is 16.4. The molecule has 0 bridgehead atoms. The van der Waals surface area contributed by atoms with Crippen LogP contribution in [-0.2, 0) is 11.3 Å². The van der Waals surface area contributed by atoms with Gasteiger partial charge in [0.15, 0.2) is 0 Å². The molecule has 0 saturated heterocycles. The summed E-state index contributed by atoms with van der Waals surface area (Å²) in [4.78, 5) is 12.4. The summed E-state index contributed by atoms with van der Waals surface area (Å²) < 4.78 is 7.17. The number of hydrogen-bond donors (Lipinski definition) is 1. The molecule has 0 saturated carbocycles. The Kier molecular flexibility index (Phi) is 4.06. The van der Waals surface area contributed by atoms with Gasteiger partial charge in [0.2, 0.25) is 5.91 Å². The number of nitrogens with one attached hydrogen (secondary N) is 1. The van der Waals surface area contributed by atoms with Crippen molar-refractivity contribution in [3.63, 3.8) is 0 Å². The van der Waals surface area contributed by atoms with Crippen molar-refractivity contribution in [1.29, 1.82) is 0 Å². The van der Waals surface area contributed by atoms with E-state index in [9.17, 15) is 4.79 Å². The Bertz CT molecular complexity index is 845. The molecule has 0 fully saturated rings. The molecule has 3 rings (SSSR count). The minimum absolute atomic E-state index is 0.0317. The molecule has 4 nitrogen and oxygen atoms in total. The molecule has 118 valence electrons. The average Bonchev–Trinajstić information content (AvgIpc) is 2.93. The van der Waals surface area contributed by atoms with Gasteiger partial charge in [0, 0.05) is 22.8 Å². The third-order valence-electron chi connectivity index (χ3n) is 4.04. The molecule has 1 aromatic heterocycles. The Morgan fingerprint density at radius 2 is 1.87 bits per heavy atom. The van der Waals surface area contributed by atoms with Gasteiger partial charge in [-0.15, -0.1) is 0 Å². The first kappa shape index (κ1) is 15.2. The van der Waals surface area contributed by atoms with Crippen LogP contribution in [0, 0.1) is 13.8 Å². The number of benzene rings is 2. The van der Waals surface area contributed by atoms with Crippen LogP contribution in [0.15, 0.2) is 48.7 Å². The van der Waals surface area contributed by atoms with E-state index in [0.717, 1.165) is 33.5 Å². The smallest absolute Gasteiger partial charge is 0.244 e. The van der Waals surface area contributed by atoms with Crippen molar-refractivity contribution in [3.8, 4) is 5.75 Å². The van der Waals surface area contributed by atoms with Crippen molar-refractivity contribution in [2.24, 2.45) is 0 Å². The molecule has 0 aliphatic heterocycles. The van der Waals surface area contributed by atoms with Crippen molar-refractivity contribution in [2.45, 2.75) is 20.4 Å². The van der Waals surface area contributed by atoms with Crippen molar-refractivity contribution in [1.82, 2.24) is 4.57 Å². The highest BCUT2D eigenvalue weighted by molar-refractivity contribution is 5.93. The first-order chi connectivity index (χ1) is 11.1. The highest BCUT2D eigenvalue weighted by Crippen LogP contribution is 2.23. The van der Waals surface area contributed by atoms with E-state index in [4.69, 9.17) is 4.74 Å². The molecule has 4 heteroatoms. The second-order valence-electron chi connectivity index (χ2n) is 5.68. The number of para-hydroxylation sites is 1. The molecule has 0 radical (unpaired) electrons. The number of methoxy groups -OCH3 is 1. The van der Waals surface area contributed by atoms with Crippen molar-refractivity contribution in [2.75, 3.05) is 12.4 Å². The summed E-state index contributed by atoms with van der Waals surface area (Å²) in [5, 5.41) is 4.08. The van der Waals surface area contributed by atoms with Crippen LogP contribution >= 0.6 is 0 Å². The van der Waals surface area contributed by atoms with Crippen LogP contribution in [-0.4, -0.2) is 17.6 Å². The molecule has 23 heavy (non-hydrogen) atoms. The fourth-order valence-corrected chi connectivity index (χ4v) is 2.79. The van der Waals surface area contributed by atoms with Crippen molar-refractivity contribution >= 4 is 22.5 Å². The van der Waals surface area contributed by atoms with E-state index in [1.54, 1.807) is 7.11 Å². The van der Waals surface area contributed by atoms with Crippen molar-refractivity contribution < 1.29 is 9.53 Å². The maximum Gasteiger partial charge on any atom is 0.244 e. The summed E-state index contributed by atoms with van der Waals surface area (Å²) in [5.41, 5.74) is 4.05. The Morgan fingerprint density at radius 1 is 1.13 bits per heavy atom. The zero-order valence-corrected chi connectivity index (χ0v) is 13.6. The zero-order valence-electron chi connectivity index (χ0n) is 13.6. The van der Waals surface area contributed by atoms with E-state index < -0.39 is 0 Å². The minimum Gasteiger partial charge on any atom is -0.497 e. The molecular weight excluding hydrogens is 288 g/mol. The summed E-state index contributed by atoms with van der Waals surface area (Å²) in [7, 11) is 1.65. The molecule has 0 aliphatic rings. The third-order valence-corrected chi connectivity index (χ3v) is 4.04. The fraction of sp³-hybridized carbons (Fsp3) is 0.211. The second-order valence-corrected chi connectivity index (χ2v) is 5.68. The van der Waals surface area contributed by atoms with Crippen molar-refractivity contribution in [3.05, 3.63) is 59.8 Å². The highest BCUT2D eigenvalue weighted by Gasteiger charge is 2.10. The second kappa shape index (κ2) is 6.16. The summed E-state index contributed by atoms with van der Waals surface area (Å²) in [6.45, 7) is 4.28. The molecule has 2 aromatic carbocycles. The van der Waals surface area contributed by atoms with Gasteiger partial charge in [0.25, 0.3) is 0 Å². The molecule has 0 unspecified atom stereocenters. The fourth-order valence-electron chi connectivity index (χ4n) is 2.79. The molecule has 0 atom stereocenters. The summed E-state index contributed by atoms with van der Waals surface area (Å²) >= 11 is 0. The Labute approximate surface area is 135 Å². The molecule has 1 N–H and O–H groups in total. The van der Waals surface area contributed by atoms with E-state index in [1.165, 1.54) is 0 Å². The first-order valence-electron chi connectivity index (χ1n) is 7.57. The van der Waals surface area contributed by atoms with Crippen LogP contribution in [0.25, 0.3) is 10.9 Å². The molecular formula is C19H20N2O2. The Morgan fingerprint density at radius 3 is 2.57 bits per heavy atom. The van der Waals surface area contributed by atoms with Crippen LogP contribution in [0.4, 0.5) is 5.69 Å². The lowest BCUT2D eigenvalue weighted by atomic mass is 10.1. The van der Waals surface area contributed by atoms with Crippen LogP contribution in [0.5, 0.6) is 5.75 Å². The summed E-state index contributed by atoms with van der Waals surface area (Å²) in [6.07, 6.45) is 1.92. The van der Waals surface area contributed by atoms with E-state index in [2.05, 4.69) is 5.32 Å². The van der Waals surface area contributed by atoms with Gasteiger partial charge in [-0.3, -0.25) is 4.79 Å². The van der Waals surface area contributed by atoms with Crippen LogP contribution in [0.1, 0.15) is 11.1 Å². The number of aryl methyl sites for hydroxylation is 2. The predicted molar refractivity (Wildman–Crippen MR) is 93.0 cm³/mol. The Balaban J connectivity index is 1.81. The Hall–Kier alpha value is -2.75. The number of amides is 1. The topological polar surface area (TPSA) is 43.3 Å². The maximum absolute atomic E-state index is 12.4. The third kappa shape index (κ3) is 3.06. The number of nitrogens with zero attached hydrogens (tertiary/aromatic N) is 1. The van der Waals surface area contributed by atoms with E-state index in [1.807, 2.05) is 67.1 Å². The van der Waals surface area contributed by atoms with Gasteiger partial charge in [-0.25, -0.2) is 0 Å². The molecule has 0 aliphatic carbocycles. The average molecular weight is 308 g/mol. The van der Waals surface area contributed by atoms with Gasteiger partial charge in [0.1, 0.15) is 12.3 Å². The number of hydrogen-bond acceptors (Lipinski definition) is 2. The minimum atomic E-state index is -0.0317.